The average Bonchev–Trinajstić information content (AvgIpc) is 3.17. The van der Waals surface area contributed by atoms with Crippen LogP contribution in [0.15, 0.2) is 70.0 Å². The number of alkyl halides is 3. The summed E-state index contributed by atoms with van der Waals surface area (Å²) >= 11 is 0. The maximum atomic E-state index is 13.0. The standard InChI is InChI=1S/C21H18F3NO5S/c1-2-29-18-10-8-14(21(22,23)24)12-17(18)25-20(26)19-11-9-15(30-19)13-31(27,28)16-6-4-3-5-7-16/h3-12H,2,13H2,1H3,(H,25,26). The fraction of sp³-hybridized carbons (Fsp3) is 0.190. The molecule has 0 aliphatic carbocycles. The molecule has 0 aliphatic rings. The summed E-state index contributed by atoms with van der Waals surface area (Å²) in [6.07, 6.45) is -4.60. The maximum Gasteiger partial charge on any atom is 0.416 e. The summed E-state index contributed by atoms with van der Waals surface area (Å²) in [6.45, 7) is 1.83. The molecule has 0 unspecified atom stereocenters. The van der Waals surface area contributed by atoms with Crippen molar-refractivity contribution in [2.24, 2.45) is 0 Å². The minimum Gasteiger partial charge on any atom is -0.492 e. The van der Waals surface area contributed by atoms with Gasteiger partial charge >= 0.3 is 6.18 Å². The third-order valence-electron chi connectivity index (χ3n) is 4.17. The molecule has 2 aromatic carbocycles. The van der Waals surface area contributed by atoms with Crippen molar-refractivity contribution in [2.75, 3.05) is 11.9 Å². The first-order valence-electron chi connectivity index (χ1n) is 9.12. The van der Waals surface area contributed by atoms with Gasteiger partial charge in [0.1, 0.15) is 17.3 Å². The molecule has 1 N–H and O–H groups in total. The van der Waals surface area contributed by atoms with Gasteiger partial charge < -0.3 is 14.5 Å². The molecule has 0 spiro atoms. The van der Waals surface area contributed by atoms with Gasteiger partial charge in [-0.25, -0.2) is 8.42 Å². The number of sulfone groups is 1. The van der Waals surface area contributed by atoms with E-state index in [1.54, 1.807) is 25.1 Å². The van der Waals surface area contributed by atoms with Crippen LogP contribution in [0.4, 0.5) is 18.9 Å². The molecular formula is C21H18F3NO5S. The number of nitrogens with one attached hydrogen (secondary N) is 1. The van der Waals surface area contributed by atoms with E-state index in [4.69, 9.17) is 9.15 Å². The Kier molecular flexibility index (Phi) is 6.40. The molecular weight excluding hydrogens is 435 g/mol. The number of furan rings is 1. The van der Waals surface area contributed by atoms with E-state index in [-0.39, 0.29) is 34.5 Å². The quantitative estimate of drug-likeness (QED) is 0.549. The Hall–Kier alpha value is -3.27. The lowest BCUT2D eigenvalue weighted by molar-refractivity contribution is -0.137. The summed E-state index contributed by atoms with van der Waals surface area (Å²) in [4.78, 5) is 12.6. The predicted molar refractivity (Wildman–Crippen MR) is 107 cm³/mol. The number of hydrogen-bond acceptors (Lipinski definition) is 5. The molecule has 0 atom stereocenters. The number of ether oxygens (including phenoxy) is 1. The zero-order chi connectivity index (χ0) is 22.6. The van der Waals surface area contributed by atoms with E-state index in [0.717, 1.165) is 18.2 Å². The van der Waals surface area contributed by atoms with Crippen molar-refractivity contribution in [3.63, 3.8) is 0 Å². The van der Waals surface area contributed by atoms with Crippen LogP contribution in [0.1, 0.15) is 28.8 Å². The second-order valence-corrected chi connectivity index (χ2v) is 8.42. The van der Waals surface area contributed by atoms with Gasteiger partial charge in [0.05, 0.1) is 22.8 Å². The monoisotopic (exact) mass is 453 g/mol. The van der Waals surface area contributed by atoms with Crippen LogP contribution in [0.5, 0.6) is 5.75 Å². The number of halogens is 3. The molecule has 3 rings (SSSR count). The zero-order valence-electron chi connectivity index (χ0n) is 16.3. The van der Waals surface area contributed by atoms with E-state index in [1.807, 2.05) is 0 Å². The summed E-state index contributed by atoms with van der Waals surface area (Å²) in [6, 6.07) is 13.0. The Morgan fingerprint density at radius 3 is 2.42 bits per heavy atom. The van der Waals surface area contributed by atoms with Crippen LogP contribution in [0.2, 0.25) is 0 Å². The summed E-state index contributed by atoms with van der Waals surface area (Å²) in [5.41, 5.74) is -1.14. The van der Waals surface area contributed by atoms with Crippen molar-refractivity contribution in [1.29, 1.82) is 0 Å². The van der Waals surface area contributed by atoms with E-state index >= 15 is 0 Å². The van der Waals surface area contributed by atoms with Gasteiger partial charge in [-0.1, -0.05) is 18.2 Å². The normalized spacial score (nSPS) is 11.9. The van der Waals surface area contributed by atoms with E-state index in [2.05, 4.69) is 5.32 Å². The third kappa shape index (κ3) is 5.46. The van der Waals surface area contributed by atoms with Gasteiger partial charge in [-0.2, -0.15) is 13.2 Å². The number of amides is 1. The number of carbonyl (C=O) groups is 1. The van der Waals surface area contributed by atoms with Crippen molar-refractivity contribution in [3.05, 3.63) is 77.7 Å². The second kappa shape index (κ2) is 8.84. The number of benzene rings is 2. The van der Waals surface area contributed by atoms with Crippen molar-refractivity contribution in [2.45, 2.75) is 23.7 Å². The number of carbonyl (C=O) groups excluding carboxylic acids is 1. The number of hydrogen-bond donors (Lipinski definition) is 1. The molecule has 1 heterocycles. The lowest BCUT2D eigenvalue weighted by Gasteiger charge is -2.14. The predicted octanol–water partition coefficient (Wildman–Crippen LogP) is 4.92. The highest BCUT2D eigenvalue weighted by atomic mass is 32.2. The van der Waals surface area contributed by atoms with Gasteiger partial charge in [-0.15, -0.1) is 0 Å². The molecule has 6 nitrogen and oxygen atoms in total. The van der Waals surface area contributed by atoms with Crippen LogP contribution < -0.4 is 10.1 Å². The van der Waals surface area contributed by atoms with E-state index in [9.17, 15) is 26.4 Å². The van der Waals surface area contributed by atoms with E-state index in [0.29, 0.717) is 0 Å². The molecule has 10 heteroatoms. The molecule has 3 aromatic rings. The fourth-order valence-electron chi connectivity index (χ4n) is 2.75. The summed E-state index contributed by atoms with van der Waals surface area (Å²) in [5, 5.41) is 2.32. The minimum absolute atomic E-state index is 0.0167. The van der Waals surface area contributed by atoms with Crippen molar-refractivity contribution in [3.8, 4) is 5.75 Å². The van der Waals surface area contributed by atoms with Crippen LogP contribution in [-0.4, -0.2) is 20.9 Å². The SMILES string of the molecule is CCOc1ccc(C(F)(F)F)cc1NC(=O)c1ccc(CS(=O)(=O)c2ccccc2)o1. The Morgan fingerprint density at radius 2 is 1.77 bits per heavy atom. The van der Waals surface area contributed by atoms with Gasteiger partial charge in [-0.3, -0.25) is 4.79 Å². The second-order valence-electron chi connectivity index (χ2n) is 6.43. The first kappa shape index (κ1) is 22.4. The third-order valence-corrected chi connectivity index (χ3v) is 5.83. The van der Waals surface area contributed by atoms with Gasteiger partial charge in [-0.05, 0) is 49.4 Å². The molecule has 1 aromatic heterocycles. The van der Waals surface area contributed by atoms with Gasteiger partial charge in [0.25, 0.3) is 5.91 Å². The van der Waals surface area contributed by atoms with E-state index in [1.165, 1.54) is 24.3 Å². The Balaban J connectivity index is 1.80. The number of rotatable bonds is 7. The molecule has 0 saturated heterocycles. The van der Waals surface area contributed by atoms with Crippen LogP contribution in [0.25, 0.3) is 0 Å². The first-order valence-corrected chi connectivity index (χ1v) is 10.8. The largest absolute Gasteiger partial charge is 0.492 e. The van der Waals surface area contributed by atoms with Gasteiger partial charge in [0.2, 0.25) is 0 Å². The lowest BCUT2D eigenvalue weighted by Crippen LogP contribution is -2.14. The highest BCUT2D eigenvalue weighted by Crippen LogP contribution is 2.35. The Morgan fingerprint density at radius 1 is 1.06 bits per heavy atom. The smallest absolute Gasteiger partial charge is 0.416 e. The molecule has 0 fully saturated rings. The van der Waals surface area contributed by atoms with E-state index < -0.39 is 33.2 Å². The van der Waals surface area contributed by atoms with Gasteiger partial charge in [0, 0.05) is 0 Å². The van der Waals surface area contributed by atoms with Crippen LogP contribution in [-0.2, 0) is 21.8 Å². The molecule has 0 radical (unpaired) electrons. The molecule has 0 bridgehead atoms. The molecule has 31 heavy (non-hydrogen) atoms. The van der Waals surface area contributed by atoms with Crippen molar-refractivity contribution >= 4 is 21.4 Å². The molecule has 1 amide bonds. The van der Waals surface area contributed by atoms with Crippen LogP contribution in [0, 0.1) is 0 Å². The summed E-state index contributed by atoms with van der Waals surface area (Å²) < 4.78 is 74.5. The molecule has 0 saturated carbocycles. The highest BCUT2D eigenvalue weighted by molar-refractivity contribution is 7.90. The van der Waals surface area contributed by atoms with Crippen LogP contribution in [0.3, 0.4) is 0 Å². The Labute approximate surface area is 176 Å². The average molecular weight is 453 g/mol. The minimum atomic E-state index is -4.60. The highest BCUT2D eigenvalue weighted by Gasteiger charge is 2.31. The number of anilines is 1. The Bertz CT molecular complexity index is 1170. The van der Waals surface area contributed by atoms with Crippen molar-refractivity contribution < 1.29 is 35.5 Å². The topological polar surface area (TPSA) is 85.6 Å². The first-order chi connectivity index (χ1) is 14.6. The molecule has 164 valence electrons. The summed E-state index contributed by atoms with van der Waals surface area (Å²) in [5.74, 6) is -1.50. The van der Waals surface area contributed by atoms with Crippen molar-refractivity contribution in [1.82, 2.24) is 0 Å². The van der Waals surface area contributed by atoms with Gasteiger partial charge in [0.15, 0.2) is 15.6 Å². The van der Waals surface area contributed by atoms with Crippen LogP contribution >= 0.6 is 0 Å². The maximum absolute atomic E-state index is 13.0. The fourth-order valence-corrected chi connectivity index (χ4v) is 4.01. The molecule has 0 aliphatic heterocycles. The lowest BCUT2D eigenvalue weighted by atomic mass is 10.1. The summed E-state index contributed by atoms with van der Waals surface area (Å²) in [7, 11) is -3.69. The zero-order valence-corrected chi connectivity index (χ0v) is 17.1.